The van der Waals surface area contributed by atoms with E-state index in [1.807, 2.05) is 13.0 Å². The first kappa shape index (κ1) is 14.7. The lowest BCUT2D eigenvalue weighted by Crippen LogP contribution is -2.01. The number of anilines is 1. The van der Waals surface area contributed by atoms with Crippen LogP contribution in [0.15, 0.2) is 18.2 Å². The smallest absolute Gasteiger partial charge is 0.350 e. The number of carbonyl (C=O) groups excluding carboxylic acids is 1. The van der Waals surface area contributed by atoms with E-state index in [1.54, 1.807) is 19.2 Å². The van der Waals surface area contributed by atoms with Crippen LogP contribution in [0.3, 0.4) is 0 Å². The van der Waals surface area contributed by atoms with Gasteiger partial charge in [-0.05, 0) is 30.7 Å². The molecule has 0 spiro atoms. The molecule has 20 heavy (non-hydrogen) atoms. The first-order valence-electron chi connectivity index (χ1n) is 5.80. The van der Waals surface area contributed by atoms with E-state index in [1.165, 1.54) is 18.4 Å². The maximum atomic E-state index is 11.7. The molecule has 2 rings (SSSR count). The number of methoxy groups -OCH3 is 2. The van der Waals surface area contributed by atoms with Crippen LogP contribution >= 0.6 is 22.9 Å². The molecule has 0 aliphatic heterocycles. The Morgan fingerprint density at radius 2 is 2.05 bits per heavy atom. The zero-order valence-electron chi connectivity index (χ0n) is 11.3. The molecule has 0 saturated heterocycles. The number of carbonyl (C=O) groups is 1. The van der Waals surface area contributed by atoms with Gasteiger partial charge in [-0.3, -0.25) is 0 Å². The average Bonchev–Trinajstić information content (AvgIpc) is 2.74. The van der Waals surface area contributed by atoms with Gasteiger partial charge in [0.15, 0.2) is 0 Å². The van der Waals surface area contributed by atoms with Gasteiger partial charge in [-0.1, -0.05) is 11.6 Å². The summed E-state index contributed by atoms with van der Waals surface area (Å²) in [5, 5.41) is 0.584. The monoisotopic (exact) mass is 311 g/mol. The number of hydrogen-bond donors (Lipinski definition) is 1. The summed E-state index contributed by atoms with van der Waals surface area (Å²) in [4.78, 5) is 13.0. The predicted octanol–water partition coefficient (Wildman–Crippen LogP) is 3.75. The maximum Gasteiger partial charge on any atom is 0.350 e. The summed E-state index contributed by atoms with van der Waals surface area (Å²) in [5.41, 5.74) is 8.10. The number of ether oxygens (including phenoxy) is 2. The Bertz CT molecular complexity index is 667. The highest BCUT2D eigenvalue weighted by Crippen LogP contribution is 2.42. The molecule has 1 aromatic heterocycles. The highest BCUT2D eigenvalue weighted by atomic mass is 35.5. The SMILES string of the molecule is COC(=O)c1sc(-c2ccc(Cl)cc2OC)c(C)c1N. The summed E-state index contributed by atoms with van der Waals surface area (Å²) < 4.78 is 10.1. The summed E-state index contributed by atoms with van der Waals surface area (Å²) in [6, 6.07) is 5.34. The molecular formula is C14H14ClNO3S. The van der Waals surface area contributed by atoms with Gasteiger partial charge in [0.1, 0.15) is 10.6 Å². The van der Waals surface area contributed by atoms with Gasteiger partial charge in [-0.15, -0.1) is 11.3 Å². The van der Waals surface area contributed by atoms with Crippen molar-refractivity contribution in [1.82, 2.24) is 0 Å². The lowest BCUT2D eigenvalue weighted by molar-refractivity contribution is 0.0607. The molecule has 0 fully saturated rings. The number of thiophene rings is 1. The van der Waals surface area contributed by atoms with Gasteiger partial charge in [-0.2, -0.15) is 0 Å². The first-order chi connectivity index (χ1) is 9.49. The number of rotatable bonds is 3. The molecule has 2 N–H and O–H groups in total. The number of benzene rings is 1. The lowest BCUT2D eigenvalue weighted by Gasteiger charge is -2.08. The highest BCUT2D eigenvalue weighted by molar-refractivity contribution is 7.18. The number of nitrogen functional groups attached to an aromatic ring is 1. The molecule has 0 atom stereocenters. The van der Waals surface area contributed by atoms with Crippen LogP contribution in [-0.2, 0) is 4.74 Å². The second-order valence-electron chi connectivity index (χ2n) is 4.14. The Balaban J connectivity index is 2.62. The largest absolute Gasteiger partial charge is 0.496 e. The normalized spacial score (nSPS) is 10.4. The Kier molecular flexibility index (Phi) is 4.20. The van der Waals surface area contributed by atoms with E-state index in [9.17, 15) is 4.79 Å². The van der Waals surface area contributed by atoms with Crippen LogP contribution in [0.2, 0.25) is 5.02 Å². The van der Waals surface area contributed by atoms with Crippen LogP contribution < -0.4 is 10.5 Å². The van der Waals surface area contributed by atoms with Crippen molar-refractivity contribution >= 4 is 34.6 Å². The summed E-state index contributed by atoms with van der Waals surface area (Å²) >= 11 is 7.24. The van der Waals surface area contributed by atoms with E-state index in [0.29, 0.717) is 21.3 Å². The van der Waals surface area contributed by atoms with E-state index in [4.69, 9.17) is 26.8 Å². The van der Waals surface area contributed by atoms with Crippen LogP contribution in [0.1, 0.15) is 15.2 Å². The first-order valence-corrected chi connectivity index (χ1v) is 7.00. The maximum absolute atomic E-state index is 11.7. The minimum absolute atomic E-state index is 0.400. The fourth-order valence-electron chi connectivity index (χ4n) is 1.88. The third kappa shape index (κ3) is 2.46. The molecule has 0 unspecified atom stereocenters. The van der Waals surface area contributed by atoms with Gasteiger partial charge in [0.2, 0.25) is 0 Å². The van der Waals surface area contributed by atoms with Gasteiger partial charge >= 0.3 is 5.97 Å². The van der Waals surface area contributed by atoms with E-state index in [-0.39, 0.29) is 0 Å². The molecule has 1 heterocycles. The molecular weight excluding hydrogens is 298 g/mol. The summed E-state index contributed by atoms with van der Waals surface area (Å²) in [6.45, 7) is 1.86. The third-order valence-corrected chi connectivity index (χ3v) is 4.53. The van der Waals surface area contributed by atoms with Crippen LogP contribution in [-0.4, -0.2) is 20.2 Å². The number of nitrogens with two attached hydrogens (primary N) is 1. The topological polar surface area (TPSA) is 61.5 Å². The molecule has 0 amide bonds. The molecule has 106 valence electrons. The quantitative estimate of drug-likeness (QED) is 0.877. The van der Waals surface area contributed by atoms with Crippen LogP contribution in [0, 0.1) is 6.92 Å². The van der Waals surface area contributed by atoms with Gasteiger partial charge in [0.25, 0.3) is 0 Å². The second-order valence-corrected chi connectivity index (χ2v) is 5.59. The predicted molar refractivity (Wildman–Crippen MR) is 81.8 cm³/mol. The van der Waals surface area contributed by atoms with Crippen LogP contribution in [0.25, 0.3) is 10.4 Å². The summed E-state index contributed by atoms with van der Waals surface area (Å²) in [5.74, 6) is 0.202. The number of esters is 1. The molecule has 0 radical (unpaired) electrons. The van der Waals surface area contributed by atoms with Crippen molar-refractivity contribution in [2.75, 3.05) is 20.0 Å². The van der Waals surface area contributed by atoms with Crippen molar-refractivity contribution in [2.45, 2.75) is 6.92 Å². The minimum atomic E-state index is -0.435. The highest BCUT2D eigenvalue weighted by Gasteiger charge is 2.21. The molecule has 0 saturated carbocycles. The molecule has 1 aromatic carbocycles. The lowest BCUT2D eigenvalue weighted by atomic mass is 10.1. The van der Waals surface area contributed by atoms with Crippen molar-refractivity contribution in [3.63, 3.8) is 0 Å². The fraction of sp³-hybridized carbons (Fsp3) is 0.214. The second kappa shape index (κ2) is 5.73. The average molecular weight is 312 g/mol. The molecule has 0 aliphatic carbocycles. The van der Waals surface area contributed by atoms with Gasteiger partial charge in [0, 0.05) is 15.5 Å². The Morgan fingerprint density at radius 1 is 1.35 bits per heavy atom. The van der Waals surface area contributed by atoms with Gasteiger partial charge < -0.3 is 15.2 Å². The number of hydrogen-bond acceptors (Lipinski definition) is 5. The minimum Gasteiger partial charge on any atom is -0.496 e. The van der Waals surface area contributed by atoms with Gasteiger partial charge in [-0.25, -0.2) is 4.79 Å². The van der Waals surface area contributed by atoms with Crippen molar-refractivity contribution in [3.05, 3.63) is 33.7 Å². The van der Waals surface area contributed by atoms with E-state index in [2.05, 4.69) is 0 Å². The van der Waals surface area contributed by atoms with Crippen molar-refractivity contribution in [3.8, 4) is 16.2 Å². The van der Waals surface area contributed by atoms with Crippen molar-refractivity contribution < 1.29 is 14.3 Å². The van der Waals surface area contributed by atoms with E-state index >= 15 is 0 Å². The Labute approximate surface area is 126 Å². The fourth-order valence-corrected chi connectivity index (χ4v) is 3.22. The van der Waals surface area contributed by atoms with Crippen molar-refractivity contribution in [1.29, 1.82) is 0 Å². The Morgan fingerprint density at radius 3 is 2.65 bits per heavy atom. The molecule has 4 nitrogen and oxygen atoms in total. The van der Waals surface area contributed by atoms with Gasteiger partial charge in [0.05, 0.1) is 19.9 Å². The molecule has 0 aliphatic rings. The van der Waals surface area contributed by atoms with E-state index in [0.717, 1.165) is 16.0 Å². The summed E-state index contributed by atoms with van der Waals surface area (Å²) in [6.07, 6.45) is 0. The molecule has 0 bridgehead atoms. The zero-order valence-corrected chi connectivity index (χ0v) is 12.9. The third-order valence-electron chi connectivity index (χ3n) is 2.97. The standard InChI is InChI=1S/C14H14ClNO3S/c1-7-11(16)13(14(17)19-3)20-12(7)9-5-4-8(15)6-10(9)18-2/h4-6H,16H2,1-3H3. The number of halogens is 1. The Hall–Kier alpha value is -1.72. The zero-order chi connectivity index (χ0) is 14.9. The molecule has 6 heteroatoms. The molecule has 2 aromatic rings. The van der Waals surface area contributed by atoms with Crippen LogP contribution in [0.5, 0.6) is 5.75 Å². The van der Waals surface area contributed by atoms with Crippen LogP contribution in [0.4, 0.5) is 5.69 Å². The van der Waals surface area contributed by atoms with E-state index < -0.39 is 5.97 Å². The summed E-state index contributed by atoms with van der Waals surface area (Å²) in [7, 11) is 2.90. The van der Waals surface area contributed by atoms with Crippen molar-refractivity contribution in [2.24, 2.45) is 0 Å².